The number of nitrogens with zero attached hydrogens (tertiary/aromatic N) is 2. The molecule has 11 aromatic rings. The number of hydrogen-bond donors (Lipinski definition) is 0. The van der Waals surface area contributed by atoms with Crippen molar-refractivity contribution in [2.45, 2.75) is 70.6 Å². The van der Waals surface area contributed by atoms with Crippen LogP contribution in [0.1, 0.15) is 106 Å². The van der Waals surface area contributed by atoms with Crippen LogP contribution in [-0.2, 0) is 16.2 Å². The predicted octanol–water partition coefficient (Wildman–Crippen LogP) is 17.6. The highest BCUT2D eigenvalue weighted by Crippen LogP contribution is 2.69. The second-order valence-corrected chi connectivity index (χ2v) is 26.3. The predicted molar refractivity (Wildman–Crippen MR) is 331 cm³/mol. The van der Waals surface area contributed by atoms with E-state index in [1.807, 2.05) is 0 Å². The van der Waals surface area contributed by atoms with E-state index in [1.165, 1.54) is 159 Å². The molecule has 2 spiro atoms. The van der Waals surface area contributed by atoms with Crippen molar-refractivity contribution in [2.24, 2.45) is 0 Å². The van der Waals surface area contributed by atoms with E-state index in [4.69, 9.17) is 0 Å². The molecular weight excluding hydrogens is 980 g/mol. The van der Waals surface area contributed by atoms with Gasteiger partial charge in [-0.1, -0.05) is 204 Å². The number of hydrogen-bond acceptors (Lipinski definition) is 4. The lowest BCUT2D eigenvalue weighted by Gasteiger charge is -2.43. The zero-order valence-corrected chi connectivity index (χ0v) is 46.6. The maximum absolute atomic E-state index is 2.71. The molecule has 372 valence electrons. The Labute approximate surface area is 466 Å². The zero-order chi connectivity index (χ0) is 52.3. The molecular formula is C73H55BN2S2. The van der Waals surface area contributed by atoms with E-state index in [-0.39, 0.29) is 12.1 Å². The molecule has 9 aromatic carbocycles. The summed E-state index contributed by atoms with van der Waals surface area (Å²) < 4.78 is 2.85. The molecule has 5 heteroatoms. The summed E-state index contributed by atoms with van der Waals surface area (Å²) in [5, 5.41) is 0. The molecule has 0 fully saturated rings. The topological polar surface area (TPSA) is 6.48 Å². The van der Waals surface area contributed by atoms with E-state index >= 15 is 0 Å². The van der Waals surface area contributed by atoms with Crippen LogP contribution in [0.25, 0.3) is 44.5 Å². The zero-order valence-electron chi connectivity index (χ0n) is 44.9. The number of thiophene rings is 2. The molecule has 0 radical (unpaired) electrons. The maximum atomic E-state index is 2.71. The van der Waals surface area contributed by atoms with Crippen LogP contribution in [-0.4, -0.2) is 6.71 Å². The van der Waals surface area contributed by atoms with Crippen molar-refractivity contribution >= 4 is 78.5 Å². The first kappa shape index (κ1) is 45.1. The molecule has 2 aromatic heterocycles. The van der Waals surface area contributed by atoms with Crippen molar-refractivity contribution in [3.8, 4) is 44.5 Å². The number of fused-ring (bicyclic) bond motifs is 26. The van der Waals surface area contributed by atoms with Gasteiger partial charge < -0.3 is 9.80 Å². The number of aryl methyl sites for hydroxylation is 2. The fourth-order valence-corrected chi connectivity index (χ4v) is 18.8. The summed E-state index contributed by atoms with van der Waals surface area (Å²) in [6.07, 6.45) is 0. The molecule has 0 bridgehead atoms. The molecule has 0 unspecified atom stereocenters. The minimum atomic E-state index is -0.486. The Bertz CT molecular complexity index is 4360. The number of anilines is 6. The molecule has 4 heterocycles. The molecule has 0 saturated carbocycles. The molecule has 2 nitrogen and oxygen atoms in total. The summed E-state index contributed by atoms with van der Waals surface area (Å²) in [4.78, 5) is 8.28. The van der Waals surface area contributed by atoms with Gasteiger partial charge in [0.2, 0.25) is 0 Å². The standard InChI is InChI=1S/C73H55BN2S2/c1-41(2)44-29-33-46(34-30-44)75-60-39-43(4)40-61-64(60)74(70-66(75)63-53-37-28-42(3)38-59(53)73(68(63)78-70)56-25-15-10-20-50(56)51-21-11-16-26-57(51)73)69-65(76(61)47-35-31-45(32-36-47)71(5,6)7)62-52-22-12-17-27-58(52)72(67(62)77-69)54-23-13-8-18-48(54)49-19-9-14-24-55(49)72/h8-41H,1-7H3. The molecule has 4 aliphatic carbocycles. The van der Waals surface area contributed by atoms with Gasteiger partial charge in [-0.15, -0.1) is 22.7 Å². The van der Waals surface area contributed by atoms with Crippen LogP contribution >= 0.6 is 22.7 Å². The average Bonchev–Trinajstić information content (AvgIpc) is 2.20. The largest absolute Gasteiger partial charge is 0.310 e. The molecule has 78 heavy (non-hydrogen) atoms. The molecule has 0 saturated heterocycles. The van der Waals surface area contributed by atoms with E-state index < -0.39 is 10.8 Å². The molecule has 6 aliphatic rings. The van der Waals surface area contributed by atoms with Gasteiger partial charge in [0.05, 0.1) is 22.2 Å². The molecule has 17 rings (SSSR count). The summed E-state index contributed by atoms with van der Waals surface area (Å²) in [6.45, 7) is 16.1. The Balaban J connectivity index is 1.04. The van der Waals surface area contributed by atoms with Crippen molar-refractivity contribution in [1.82, 2.24) is 0 Å². The van der Waals surface area contributed by atoms with Gasteiger partial charge in [-0.05, 0) is 150 Å². The van der Waals surface area contributed by atoms with Gasteiger partial charge in [-0.25, -0.2) is 0 Å². The van der Waals surface area contributed by atoms with Gasteiger partial charge in [0.25, 0.3) is 6.71 Å². The van der Waals surface area contributed by atoms with E-state index in [0.29, 0.717) is 5.92 Å². The van der Waals surface area contributed by atoms with Crippen molar-refractivity contribution in [2.75, 3.05) is 9.80 Å². The summed E-state index contributed by atoms with van der Waals surface area (Å²) in [6, 6.07) is 78.2. The Hall–Kier alpha value is -7.96. The van der Waals surface area contributed by atoms with E-state index in [1.54, 1.807) is 0 Å². The normalized spacial score (nSPS) is 15.4. The SMILES string of the molecule is Cc1cc2c3c(c1)N(c1ccc(C(C)C)cc1)c1c(sc4c1-c1ccc(C)cc1C41c4ccccc4-c4ccccc41)B3c1sc3c(c1N2c1ccc(C(C)(C)C)cc1)-c1ccccc1C31c2ccccc2-c2ccccc21. The van der Waals surface area contributed by atoms with Gasteiger partial charge in [-0.2, -0.15) is 0 Å². The van der Waals surface area contributed by atoms with Gasteiger partial charge in [-0.3, -0.25) is 0 Å². The molecule has 2 aliphatic heterocycles. The third kappa shape index (κ3) is 5.40. The van der Waals surface area contributed by atoms with E-state index in [9.17, 15) is 0 Å². The van der Waals surface area contributed by atoms with Gasteiger partial charge in [0, 0.05) is 53.2 Å². The summed E-state index contributed by atoms with van der Waals surface area (Å²) in [5.41, 5.74) is 32.3. The van der Waals surface area contributed by atoms with Crippen molar-refractivity contribution < 1.29 is 0 Å². The van der Waals surface area contributed by atoms with Crippen LogP contribution in [0.4, 0.5) is 34.1 Å². The summed E-state index contributed by atoms with van der Waals surface area (Å²) in [5.74, 6) is 0.416. The smallest absolute Gasteiger partial charge is 0.277 e. The first-order chi connectivity index (χ1) is 38.0. The first-order valence-corrected chi connectivity index (χ1v) is 29.5. The quantitative estimate of drug-likeness (QED) is 0.163. The van der Waals surface area contributed by atoms with Crippen LogP contribution in [0.3, 0.4) is 0 Å². The van der Waals surface area contributed by atoms with Crippen LogP contribution in [0.2, 0.25) is 0 Å². The highest BCUT2D eigenvalue weighted by molar-refractivity contribution is 7.37. The first-order valence-electron chi connectivity index (χ1n) is 27.9. The Morgan fingerprint density at radius 3 is 1.27 bits per heavy atom. The molecule has 0 amide bonds. The minimum Gasteiger partial charge on any atom is -0.310 e. The minimum absolute atomic E-state index is 0.00794. The lowest BCUT2D eigenvalue weighted by atomic mass is 9.39. The Kier molecular flexibility index (Phi) is 8.91. The van der Waals surface area contributed by atoms with Crippen LogP contribution in [0.5, 0.6) is 0 Å². The lowest BCUT2D eigenvalue weighted by Crippen LogP contribution is -2.59. The maximum Gasteiger partial charge on any atom is 0.277 e. The summed E-state index contributed by atoms with van der Waals surface area (Å²) in [7, 11) is 0. The highest BCUT2D eigenvalue weighted by Gasteiger charge is 2.60. The highest BCUT2D eigenvalue weighted by atomic mass is 32.1. The number of rotatable bonds is 3. The van der Waals surface area contributed by atoms with Crippen LogP contribution in [0.15, 0.2) is 200 Å². The fourth-order valence-electron chi connectivity index (χ4n) is 15.4. The van der Waals surface area contributed by atoms with Gasteiger partial charge in [0.1, 0.15) is 0 Å². The second-order valence-electron chi connectivity index (χ2n) is 24.2. The lowest BCUT2D eigenvalue weighted by molar-refractivity contribution is 0.590. The third-order valence-electron chi connectivity index (χ3n) is 18.7. The van der Waals surface area contributed by atoms with E-state index in [2.05, 4.69) is 281 Å². The average molecular weight is 1040 g/mol. The van der Waals surface area contributed by atoms with E-state index in [0.717, 1.165) is 0 Å². The van der Waals surface area contributed by atoms with Gasteiger partial charge in [0.15, 0.2) is 0 Å². The monoisotopic (exact) mass is 1030 g/mol. The van der Waals surface area contributed by atoms with Crippen LogP contribution < -0.4 is 24.8 Å². The fraction of sp³-hybridized carbons (Fsp3) is 0.151. The van der Waals surface area contributed by atoms with Crippen LogP contribution in [0, 0.1) is 13.8 Å². The van der Waals surface area contributed by atoms with Crippen molar-refractivity contribution in [3.63, 3.8) is 0 Å². The Morgan fingerprint density at radius 1 is 0.423 bits per heavy atom. The number of benzene rings is 9. The van der Waals surface area contributed by atoms with Crippen molar-refractivity contribution in [3.05, 3.63) is 266 Å². The third-order valence-corrected chi connectivity index (χ3v) is 21.4. The van der Waals surface area contributed by atoms with Gasteiger partial charge >= 0.3 is 0 Å². The molecule has 0 atom stereocenters. The molecule has 0 N–H and O–H groups in total. The Morgan fingerprint density at radius 2 is 0.821 bits per heavy atom. The summed E-state index contributed by atoms with van der Waals surface area (Å²) >= 11 is 4.19. The second kappa shape index (κ2) is 15.4. The van der Waals surface area contributed by atoms with Crippen molar-refractivity contribution in [1.29, 1.82) is 0 Å².